The molecule has 2 aliphatic heterocycles. The van der Waals surface area contributed by atoms with Gasteiger partial charge in [-0.05, 0) is 45.6 Å². The quantitative estimate of drug-likeness (QED) is 0.297. The number of carbonyl (C=O) groups excluding carboxylic acids is 3. The Kier molecular flexibility index (Phi) is 9.13. The molecule has 0 saturated carbocycles. The number of aromatic nitrogens is 2. The smallest absolute Gasteiger partial charge is 0.408 e. The minimum atomic E-state index is -1.46. The number of rotatable bonds is 7. The maximum atomic E-state index is 13.3. The molecule has 0 bridgehead atoms. The van der Waals surface area contributed by atoms with Gasteiger partial charge < -0.3 is 40.3 Å². The van der Waals surface area contributed by atoms with E-state index < -0.39 is 72.4 Å². The van der Waals surface area contributed by atoms with Crippen LogP contribution in [0.3, 0.4) is 0 Å². The molecule has 0 aliphatic carbocycles. The normalized spacial score (nSPS) is 26.3. The van der Waals surface area contributed by atoms with Gasteiger partial charge in [-0.3, -0.25) is 14.2 Å². The lowest BCUT2D eigenvalue weighted by Crippen LogP contribution is -2.55. The Balaban J connectivity index is 1.69. The number of ether oxygens (including phenoxy) is 2. The maximum absolute atomic E-state index is 13.3. The first-order valence-corrected chi connectivity index (χ1v) is 12.6. The molecule has 38 heavy (non-hydrogen) atoms. The summed E-state index contributed by atoms with van der Waals surface area (Å²) in [6.45, 7) is 8.45. The van der Waals surface area contributed by atoms with Crippen LogP contribution >= 0.6 is 0 Å². The lowest BCUT2D eigenvalue weighted by molar-refractivity contribution is -0.139. The zero-order valence-corrected chi connectivity index (χ0v) is 22.2. The van der Waals surface area contributed by atoms with E-state index in [1.807, 2.05) is 0 Å². The average Bonchev–Trinajstić information content (AvgIpc) is 3.41. The number of amides is 3. The van der Waals surface area contributed by atoms with Crippen LogP contribution in [0.4, 0.5) is 10.6 Å². The van der Waals surface area contributed by atoms with Crippen molar-refractivity contribution in [1.29, 1.82) is 0 Å². The van der Waals surface area contributed by atoms with E-state index in [4.69, 9.17) is 9.47 Å². The molecule has 0 aromatic carbocycles. The SMILES string of the molecule is CC(C)[C@H](NC(=O)OC(C)(C)C)C(=O)N1CCC[C@H]1C(=O)Nc1ccn([C@@H]2O[C@H](CO)[C@@H](O)[C@@H]2O)c(=O)n1. The molecule has 1 aromatic rings. The van der Waals surface area contributed by atoms with Gasteiger partial charge in [0.2, 0.25) is 11.8 Å². The second kappa shape index (κ2) is 11.8. The largest absolute Gasteiger partial charge is 0.444 e. The van der Waals surface area contributed by atoms with Crippen molar-refractivity contribution in [2.75, 3.05) is 18.5 Å². The Labute approximate surface area is 219 Å². The molecular weight excluding hydrogens is 502 g/mol. The zero-order chi connectivity index (χ0) is 28.4. The zero-order valence-electron chi connectivity index (χ0n) is 22.2. The second-order valence-electron chi connectivity index (χ2n) is 10.8. The summed E-state index contributed by atoms with van der Waals surface area (Å²) in [6.07, 6.45) is -3.72. The first-order chi connectivity index (χ1) is 17.7. The number of aliphatic hydroxyl groups is 3. The fourth-order valence-electron chi connectivity index (χ4n) is 4.43. The van der Waals surface area contributed by atoms with Gasteiger partial charge in [-0.15, -0.1) is 0 Å². The highest BCUT2D eigenvalue weighted by Crippen LogP contribution is 2.28. The molecule has 5 N–H and O–H groups in total. The molecule has 0 unspecified atom stereocenters. The lowest BCUT2D eigenvalue weighted by atomic mass is 10.0. The third kappa shape index (κ3) is 6.67. The van der Waals surface area contributed by atoms with E-state index >= 15 is 0 Å². The van der Waals surface area contributed by atoms with Crippen molar-refractivity contribution in [3.63, 3.8) is 0 Å². The summed E-state index contributed by atoms with van der Waals surface area (Å²) in [5.41, 5.74) is -1.60. The number of hydrogen-bond donors (Lipinski definition) is 5. The number of carbonyl (C=O) groups is 3. The number of nitrogens with one attached hydrogen (secondary N) is 2. The number of nitrogens with zero attached hydrogens (tertiary/aromatic N) is 3. The van der Waals surface area contributed by atoms with E-state index in [0.717, 1.165) is 4.57 Å². The molecule has 6 atom stereocenters. The van der Waals surface area contributed by atoms with Crippen LogP contribution in [0.15, 0.2) is 17.1 Å². The summed E-state index contributed by atoms with van der Waals surface area (Å²) in [5.74, 6) is -1.32. The number of anilines is 1. The van der Waals surface area contributed by atoms with E-state index in [1.165, 1.54) is 17.2 Å². The molecule has 2 aliphatic rings. The maximum Gasteiger partial charge on any atom is 0.408 e. The van der Waals surface area contributed by atoms with Crippen LogP contribution in [0.1, 0.15) is 53.7 Å². The van der Waals surface area contributed by atoms with Crippen LogP contribution in [0.25, 0.3) is 0 Å². The number of aliphatic hydroxyl groups excluding tert-OH is 3. The number of likely N-dealkylation sites (tertiary alicyclic amines) is 1. The third-order valence-electron chi connectivity index (χ3n) is 6.32. The van der Waals surface area contributed by atoms with Crippen LogP contribution in [0.5, 0.6) is 0 Å². The van der Waals surface area contributed by atoms with Crippen molar-refractivity contribution in [1.82, 2.24) is 19.8 Å². The predicted molar refractivity (Wildman–Crippen MR) is 133 cm³/mol. The van der Waals surface area contributed by atoms with Gasteiger partial charge in [0, 0.05) is 12.7 Å². The van der Waals surface area contributed by atoms with Crippen LogP contribution < -0.4 is 16.3 Å². The average molecular weight is 540 g/mol. The fraction of sp³-hybridized carbons (Fsp3) is 0.708. The summed E-state index contributed by atoms with van der Waals surface area (Å²) in [7, 11) is 0. The highest BCUT2D eigenvalue weighted by Gasteiger charge is 2.44. The van der Waals surface area contributed by atoms with Gasteiger partial charge >= 0.3 is 11.8 Å². The van der Waals surface area contributed by atoms with Crippen LogP contribution in [0, 0.1) is 5.92 Å². The Morgan fingerprint density at radius 2 is 1.92 bits per heavy atom. The summed E-state index contributed by atoms with van der Waals surface area (Å²) >= 11 is 0. The van der Waals surface area contributed by atoms with Gasteiger partial charge in [-0.2, -0.15) is 4.98 Å². The van der Waals surface area contributed by atoms with E-state index in [9.17, 15) is 34.5 Å². The first kappa shape index (κ1) is 29.5. The molecule has 1 aromatic heterocycles. The van der Waals surface area contributed by atoms with Gasteiger partial charge in [-0.1, -0.05) is 13.8 Å². The van der Waals surface area contributed by atoms with Crippen molar-refractivity contribution in [2.45, 2.75) is 89.7 Å². The molecule has 2 saturated heterocycles. The Morgan fingerprint density at radius 3 is 2.47 bits per heavy atom. The minimum absolute atomic E-state index is 0.0745. The summed E-state index contributed by atoms with van der Waals surface area (Å²) in [4.78, 5) is 56.5. The minimum Gasteiger partial charge on any atom is -0.444 e. The van der Waals surface area contributed by atoms with Gasteiger partial charge in [0.15, 0.2) is 6.23 Å². The van der Waals surface area contributed by atoms with E-state index in [1.54, 1.807) is 34.6 Å². The van der Waals surface area contributed by atoms with Gasteiger partial charge in [0.25, 0.3) is 0 Å². The number of alkyl carbamates (subject to hydrolysis) is 1. The van der Waals surface area contributed by atoms with E-state index in [2.05, 4.69) is 15.6 Å². The summed E-state index contributed by atoms with van der Waals surface area (Å²) in [5, 5.41) is 34.5. The lowest BCUT2D eigenvalue weighted by Gasteiger charge is -2.31. The van der Waals surface area contributed by atoms with Crippen molar-refractivity contribution in [3.8, 4) is 0 Å². The monoisotopic (exact) mass is 539 g/mol. The molecule has 0 spiro atoms. The second-order valence-corrected chi connectivity index (χ2v) is 10.8. The molecular formula is C24H37N5O9. The van der Waals surface area contributed by atoms with Crippen LogP contribution in [-0.4, -0.2) is 96.8 Å². The summed E-state index contributed by atoms with van der Waals surface area (Å²) < 4.78 is 11.6. The van der Waals surface area contributed by atoms with Crippen LogP contribution in [-0.2, 0) is 19.1 Å². The Hall–Kier alpha value is -3.07. The fourth-order valence-corrected chi connectivity index (χ4v) is 4.43. The first-order valence-electron chi connectivity index (χ1n) is 12.6. The molecule has 3 amide bonds. The molecule has 3 rings (SSSR count). The molecule has 14 nitrogen and oxygen atoms in total. The molecule has 3 heterocycles. The van der Waals surface area contributed by atoms with E-state index in [-0.39, 0.29) is 11.7 Å². The predicted octanol–water partition coefficient (Wildman–Crippen LogP) is -0.666. The Morgan fingerprint density at radius 1 is 1.24 bits per heavy atom. The molecule has 212 valence electrons. The van der Waals surface area contributed by atoms with Crippen molar-refractivity contribution >= 4 is 23.7 Å². The molecule has 0 radical (unpaired) electrons. The van der Waals surface area contributed by atoms with Crippen molar-refractivity contribution in [2.24, 2.45) is 5.92 Å². The number of hydrogen-bond acceptors (Lipinski definition) is 10. The molecule has 14 heteroatoms. The van der Waals surface area contributed by atoms with Gasteiger partial charge in [-0.25, -0.2) is 9.59 Å². The van der Waals surface area contributed by atoms with Gasteiger partial charge in [0.1, 0.15) is 41.8 Å². The van der Waals surface area contributed by atoms with Crippen LogP contribution in [0.2, 0.25) is 0 Å². The van der Waals surface area contributed by atoms with Crippen molar-refractivity contribution in [3.05, 3.63) is 22.7 Å². The van der Waals surface area contributed by atoms with Gasteiger partial charge in [0.05, 0.1) is 6.61 Å². The highest BCUT2D eigenvalue weighted by molar-refractivity contribution is 5.98. The molecule has 2 fully saturated rings. The van der Waals surface area contributed by atoms with Crippen molar-refractivity contribution < 1.29 is 39.2 Å². The summed E-state index contributed by atoms with van der Waals surface area (Å²) in [6, 6.07) is -0.430. The Bertz CT molecular complexity index is 1090. The third-order valence-corrected chi connectivity index (χ3v) is 6.32. The van der Waals surface area contributed by atoms with E-state index in [0.29, 0.717) is 19.4 Å². The standard InChI is InChI=1S/C24H37N5O9/c1-12(2)16(27-23(36)38-24(3,4)5)20(34)28-9-6-7-13(28)19(33)25-15-8-10-29(22(35)26-15)21-18(32)17(31)14(11-30)37-21/h8,10,12-14,16-18,21,30-32H,6-7,9,11H2,1-5H3,(H,27,36)(H,25,26,33,35)/t13-,14+,16-,17+,18-,21+/m0/s1. The highest BCUT2D eigenvalue weighted by atomic mass is 16.6. The topological polar surface area (TPSA) is 193 Å².